The van der Waals surface area contributed by atoms with E-state index in [0.29, 0.717) is 31.5 Å². The van der Waals surface area contributed by atoms with Crippen molar-refractivity contribution in [1.29, 1.82) is 5.26 Å². The van der Waals surface area contributed by atoms with E-state index in [0.717, 1.165) is 35.2 Å². The predicted octanol–water partition coefficient (Wildman–Crippen LogP) is 1.94. The highest BCUT2D eigenvalue weighted by atomic mass is 16.6. The molecule has 14 heteroatoms. The van der Waals surface area contributed by atoms with Crippen molar-refractivity contribution in [3.8, 4) is 6.07 Å². The summed E-state index contributed by atoms with van der Waals surface area (Å²) in [6, 6.07) is 20.9. The fraction of sp³-hybridized carbons (Fsp3) is 0.367. The van der Waals surface area contributed by atoms with Crippen LogP contribution < -0.4 is 28.1 Å². The van der Waals surface area contributed by atoms with Gasteiger partial charge < -0.3 is 31.3 Å². The van der Waals surface area contributed by atoms with E-state index < -0.39 is 18.1 Å². The number of nitrogens with one attached hydrogen (secondary N) is 3. The van der Waals surface area contributed by atoms with Crippen LogP contribution in [0.25, 0.3) is 0 Å². The number of amides is 2. The van der Waals surface area contributed by atoms with E-state index >= 15 is 0 Å². The Hall–Kier alpha value is -4.97. The Labute approximate surface area is 255 Å². The maximum Gasteiger partial charge on any atom is 0.407 e. The van der Waals surface area contributed by atoms with Gasteiger partial charge in [0.1, 0.15) is 30.7 Å². The van der Waals surface area contributed by atoms with Crippen LogP contribution in [0.5, 0.6) is 0 Å². The zero-order chi connectivity index (χ0) is 31.0. The second kappa shape index (κ2) is 18.5. The summed E-state index contributed by atoms with van der Waals surface area (Å²) in [6.45, 7) is 0.485. The molecule has 0 radical (unpaired) electrons. The SMILES string of the molecule is N#CC1CC(NC(=O)OCc2ccccc2)CCC1=O.NN.Nc1n[nH]c2c1CC(NC(=O)OCc1ccccc1)CC2.O. The molecule has 0 saturated heterocycles. The summed E-state index contributed by atoms with van der Waals surface area (Å²) in [5.41, 5.74) is 9.77. The van der Waals surface area contributed by atoms with Crippen LogP contribution in [-0.4, -0.2) is 45.7 Å². The summed E-state index contributed by atoms with van der Waals surface area (Å²) in [5.74, 6) is 7.88. The molecule has 11 N–H and O–H groups in total. The molecule has 44 heavy (non-hydrogen) atoms. The lowest BCUT2D eigenvalue weighted by molar-refractivity contribution is -0.123. The van der Waals surface area contributed by atoms with E-state index in [-0.39, 0.29) is 36.6 Å². The molecule has 3 aromatic rings. The molecule has 1 heterocycles. The minimum Gasteiger partial charge on any atom is -0.445 e. The smallest absolute Gasteiger partial charge is 0.407 e. The van der Waals surface area contributed by atoms with E-state index in [1.807, 2.05) is 66.7 Å². The van der Waals surface area contributed by atoms with Gasteiger partial charge in [-0.2, -0.15) is 10.4 Å². The number of aromatic amines is 1. The molecule has 3 unspecified atom stereocenters. The number of fused-ring (bicyclic) bond motifs is 1. The van der Waals surface area contributed by atoms with Crippen molar-refractivity contribution < 1.29 is 29.3 Å². The van der Waals surface area contributed by atoms with Gasteiger partial charge in [0.15, 0.2) is 0 Å². The number of hydrazine groups is 1. The number of aromatic nitrogens is 2. The van der Waals surface area contributed by atoms with Crippen molar-refractivity contribution >= 4 is 23.8 Å². The largest absolute Gasteiger partial charge is 0.445 e. The Balaban J connectivity index is 0.000000285. The van der Waals surface area contributed by atoms with E-state index in [9.17, 15) is 14.4 Å². The number of carbonyl (C=O) groups excluding carboxylic acids is 3. The van der Waals surface area contributed by atoms with Gasteiger partial charge in [-0.3, -0.25) is 21.6 Å². The number of anilines is 1. The lowest BCUT2D eigenvalue weighted by Gasteiger charge is -2.24. The number of hydrogen-bond acceptors (Lipinski definition) is 10. The Kier molecular flexibility index (Phi) is 14.8. The Morgan fingerprint density at radius 2 is 1.43 bits per heavy atom. The van der Waals surface area contributed by atoms with Gasteiger partial charge in [-0.25, -0.2) is 9.59 Å². The standard InChI is InChI=1S/C15H18N4O2.C15H16N2O3.H4N2.H2O/c16-14-12-8-11(6-7-13(12)18-19-14)17-15(20)21-9-10-4-2-1-3-5-10;16-9-12-8-13(6-7-14(12)18)17-15(19)20-10-11-4-2-1-3-5-11;1-2;/h1-5,11H,6-9H2,(H,17,20)(H3,16,18,19);1-5,12-13H,6-8,10H2,(H,17,19);1-2H2;1H2. The van der Waals surface area contributed by atoms with Crippen LogP contribution in [0.1, 0.15) is 48.1 Å². The molecule has 14 nitrogen and oxygen atoms in total. The van der Waals surface area contributed by atoms with Gasteiger partial charge in [-0.15, -0.1) is 0 Å². The molecule has 2 aromatic carbocycles. The molecule has 0 bridgehead atoms. The second-order valence-electron chi connectivity index (χ2n) is 10.0. The van der Waals surface area contributed by atoms with Crippen LogP contribution in [-0.2, 0) is 40.3 Å². The highest BCUT2D eigenvalue weighted by Gasteiger charge is 2.29. The van der Waals surface area contributed by atoms with Crippen LogP contribution in [0.2, 0.25) is 0 Å². The highest BCUT2D eigenvalue weighted by molar-refractivity contribution is 5.84. The molecule has 0 aliphatic heterocycles. The second-order valence-corrected chi connectivity index (χ2v) is 10.0. The molecule has 0 spiro atoms. The number of nitrogen functional groups attached to an aromatic ring is 1. The minimum absolute atomic E-state index is 0. The number of Topliss-reactive ketones (excluding diaryl/α,β-unsaturated/α-hetero) is 1. The molecule has 1 fully saturated rings. The number of ether oxygens (including phenoxy) is 2. The normalized spacial score (nSPS) is 18.2. The number of alkyl carbamates (subject to hydrolysis) is 2. The third kappa shape index (κ3) is 11.0. The number of benzene rings is 2. The van der Waals surface area contributed by atoms with Gasteiger partial charge in [0, 0.05) is 29.8 Å². The summed E-state index contributed by atoms with van der Waals surface area (Å²) >= 11 is 0. The molecular formula is C30H40N8O6. The first kappa shape index (κ1) is 35.2. The lowest BCUT2D eigenvalue weighted by Crippen LogP contribution is -2.41. The zero-order valence-corrected chi connectivity index (χ0v) is 24.3. The zero-order valence-electron chi connectivity index (χ0n) is 24.3. The molecule has 5 rings (SSSR count). The summed E-state index contributed by atoms with van der Waals surface area (Å²) in [6.07, 6.45) is 2.75. The lowest BCUT2D eigenvalue weighted by atomic mass is 9.85. The monoisotopic (exact) mass is 608 g/mol. The van der Waals surface area contributed by atoms with Crippen molar-refractivity contribution in [3.05, 3.63) is 83.0 Å². The maximum atomic E-state index is 11.8. The van der Waals surface area contributed by atoms with E-state index in [1.165, 1.54) is 0 Å². The number of ketones is 1. The first-order chi connectivity index (χ1) is 20.9. The van der Waals surface area contributed by atoms with Gasteiger partial charge in [0.2, 0.25) is 0 Å². The highest BCUT2D eigenvalue weighted by Crippen LogP contribution is 2.24. The van der Waals surface area contributed by atoms with Crippen molar-refractivity contribution in [2.75, 3.05) is 5.73 Å². The molecule has 1 saturated carbocycles. The molecule has 2 amide bonds. The number of nitrogens with zero attached hydrogens (tertiary/aromatic N) is 2. The van der Waals surface area contributed by atoms with Crippen LogP contribution in [0.3, 0.4) is 0 Å². The Bertz CT molecular complexity index is 1360. The quantitative estimate of drug-likeness (QED) is 0.175. The van der Waals surface area contributed by atoms with E-state index in [2.05, 4.69) is 32.5 Å². The molecule has 2 aliphatic rings. The number of H-pyrrole nitrogens is 1. The average molecular weight is 609 g/mol. The first-order valence-corrected chi connectivity index (χ1v) is 13.9. The van der Waals surface area contributed by atoms with E-state index in [1.54, 1.807) is 0 Å². The van der Waals surface area contributed by atoms with Crippen LogP contribution in [0.15, 0.2) is 60.7 Å². The average Bonchev–Trinajstić information content (AvgIpc) is 3.42. The van der Waals surface area contributed by atoms with Crippen LogP contribution in [0, 0.1) is 17.2 Å². The number of nitrogens with two attached hydrogens (primary N) is 3. The summed E-state index contributed by atoms with van der Waals surface area (Å²) in [5, 5.41) is 21.4. The summed E-state index contributed by atoms with van der Waals surface area (Å²) < 4.78 is 10.3. The number of aryl methyl sites for hydroxylation is 1. The van der Waals surface area contributed by atoms with Gasteiger partial charge in [0.05, 0.1) is 6.07 Å². The van der Waals surface area contributed by atoms with Gasteiger partial charge in [-0.1, -0.05) is 60.7 Å². The molecule has 2 aliphatic carbocycles. The van der Waals surface area contributed by atoms with Crippen molar-refractivity contribution in [3.63, 3.8) is 0 Å². The molecule has 1 aromatic heterocycles. The molecular weight excluding hydrogens is 568 g/mol. The fourth-order valence-corrected chi connectivity index (χ4v) is 4.79. The minimum atomic E-state index is -0.608. The fourth-order valence-electron chi connectivity index (χ4n) is 4.79. The van der Waals surface area contributed by atoms with Gasteiger partial charge in [0.25, 0.3) is 0 Å². The van der Waals surface area contributed by atoms with E-state index in [4.69, 9.17) is 20.5 Å². The van der Waals surface area contributed by atoms with Crippen LogP contribution >= 0.6 is 0 Å². The first-order valence-electron chi connectivity index (χ1n) is 13.9. The molecule has 3 atom stereocenters. The van der Waals surface area contributed by atoms with Gasteiger partial charge >= 0.3 is 12.2 Å². The summed E-state index contributed by atoms with van der Waals surface area (Å²) in [4.78, 5) is 34.9. The summed E-state index contributed by atoms with van der Waals surface area (Å²) in [7, 11) is 0. The number of hydrogen-bond donors (Lipinski definition) is 6. The van der Waals surface area contributed by atoms with Crippen molar-refractivity contribution in [1.82, 2.24) is 20.8 Å². The Morgan fingerprint density at radius 3 is 1.98 bits per heavy atom. The number of nitriles is 1. The molecule has 236 valence electrons. The number of carbonyl (C=O) groups is 3. The number of rotatable bonds is 6. The predicted molar refractivity (Wildman–Crippen MR) is 162 cm³/mol. The van der Waals surface area contributed by atoms with Crippen LogP contribution in [0.4, 0.5) is 15.4 Å². The Morgan fingerprint density at radius 1 is 0.909 bits per heavy atom. The topological polar surface area (TPSA) is 256 Å². The van der Waals surface area contributed by atoms with Crippen molar-refractivity contribution in [2.45, 2.75) is 63.8 Å². The van der Waals surface area contributed by atoms with Crippen molar-refractivity contribution in [2.24, 2.45) is 17.6 Å². The van der Waals surface area contributed by atoms with Gasteiger partial charge in [-0.05, 0) is 43.2 Å². The maximum absolute atomic E-state index is 11.8. The third-order valence-corrected chi connectivity index (χ3v) is 7.05. The third-order valence-electron chi connectivity index (χ3n) is 7.05.